The zero-order valence-electron chi connectivity index (χ0n) is 9.70. The van der Waals surface area contributed by atoms with E-state index in [1.165, 1.54) is 6.92 Å². The van der Waals surface area contributed by atoms with Gasteiger partial charge >= 0.3 is 18.2 Å². The third-order valence-electron chi connectivity index (χ3n) is 2.03. The lowest BCUT2D eigenvalue weighted by Gasteiger charge is -2.25. The summed E-state index contributed by atoms with van der Waals surface area (Å²) in [5.74, 6) is -1.33. The largest absolute Gasteiger partial charge is 0.480 e. The quantitative estimate of drug-likeness (QED) is 0.653. The Bertz CT molecular complexity index is 296. The molecule has 0 spiro atoms. The van der Waals surface area contributed by atoms with Crippen molar-refractivity contribution >= 4 is 12.0 Å². The zero-order chi connectivity index (χ0) is 14.3. The molecule has 0 fully saturated rings. The number of hydrogen-bond donors (Lipinski definition) is 3. The van der Waals surface area contributed by atoms with E-state index in [0.29, 0.717) is 4.90 Å². The Kier molecular flexibility index (Phi) is 6.45. The highest BCUT2D eigenvalue weighted by Gasteiger charge is 2.33. The van der Waals surface area contributed by atoms with Gasteiger partial charge in [-0.15, -0.1) is 0 Å². The Labute approximate surface area is 101 Å². The molecule has 0 aliphatic carbocycles. The summed E-state index contributed by atoms with van der Waals surface area (Å²) in [6.45, 7) is -1.25. The summed E-state index contributed by atoms with van der Waals surface area (Å²) in [6, 6.07) is -2.43. The van der Waals surface area contributed by atoms with E-state index in [1.54, 1.807) is 0 Å². The Morgan fingerprint density at radius 1 is 1.39 bits per heavy atom. The lowest BCUT2D eigenvalue weighted by Crippen LogP contribution is -2.51. The van der Waals surface area contributed by atoms with Crippen LogP contribution in [-0.4, -0.2) is 59.0 Å². The van der Waals surface area contributed by atoms with Gasteiger partial charge in [-0.25, -0.2) is 9.59 Å². The molecule has 9 heteroatoms. The molecule has 0 rings (SSSR count). The van der Waals surface area contributed by atoms with Crippen LogP contribution in [0.25, 0.3) is 0 Å². The topological polar surface area (TPSA) is 89.9 Å². The van der Waals surface area contributed by atoms with Gasteiger partial charge in [0.05, 0.1) is 6.61 Å². The molecular weight excluding hydrogens is 257 g/mol. The zero-order valence-corrected chi connectivity index (χ0v) is 9.70. The first kappa shape index (κ1) is 16.5. The number of hydrogen-bond acceptors (Lipinski definition) is 3. The van der Waals surface area contributed by atoms with Gasteiger partial charge in [-0.3, -0.25) is 0 Å². The normalized spacial score (nSPS) is 12.9. The van der Waals surface area contributed by atoms with Gasteiger partial charge in [0, 0.05) is 6.54 Å². The van der Waals surface area contributed by atoms with Crippen molar-refractivity contribution in [3.05, 3.63) is 0 Å². The van der Waals surface area contributed by atoms with Gasteiger partial charge in [0.1, 0.15) is 12.6 Å². The van der Waals surface area contributed by atoms with E-state index in [9.17, 15) is 22.8 Å². The van der Waals surface area contributed by atoms with Crippen LogP contribution in [0.15, 0.2) is 0 Å². The van der Waals surface area contributed by atoms with Crippen molar-refractivity contribution in [2.75, 3.05) is 19.7 Å². The van der Waals surface area contributed by atoms with Gasteiger partial charge in [0.15, 0.2) is 0 Å². The van der Waals surface area contributed by atoms with Crippen molar-refractivity contribution in [1.82, 2.24) is 10.2 Å². The summed E-state index contributed by atoms with van der Waals surface area (Å²) in [4.78, 5) is 22.4. The number of carboxylic acid groups (broad SMARTS) is 1. The average Bonchev–Trinajstić information content (AvgIpc) is 2.22. The van der Waals surface area contributed by atoms with Gasteiger partial charge in [-0.2, -0.15) is 13.2 Å². The number of carboxylic acids is 1. The maximum Gasteiger partial charge on any atom is 0.406 e. The maximum atomic E-state index is 12.1. The minimum atomic E-state index is -4.61. The summed E-state index contributed by atoms with van der Waals surface area (Å²) in [7, 11) is 0. The lowest BCUT2D eigenvalue weighted by molar-refractivity contribution is -0.141. The van der Waals surface area contributed by atoms with Gasteiger partial charge in [-0.1, -0.05) is 6.92 Å². The van der Waals surface area contributed by atoms with E-state index in [-0.39, 0.29) is 6.42 Å². The molecule has 0 saturated heterocycles. The molecule has 0 heterocycles. The Hall–Kier alpha value is -1.51. The summed E-state index contributed by atoms with van der Waals surface area (Å²) >= 11 is 0. The number of aliphatic hydroxyl groups excluding tert-OH is 1. The lowest BCUT2D eigenvalue weighted by atomic mass is 10.2. The fourth-order valence-electron chi connectivity index (χ4n) is 1.17. The van der Waals surface area contributed by atoms with Gasteiger partial charge in [0.2, 0.25) is 0 Å². The fourth-order valence-corrected chi connectivity index (χ4v) is 1.17. The molecule has 0 unspecified atom stereocenters. The van der Waals surface area contributed by atoms with E-state index in [0.717, 1.165) is 0 Å². The van der Waals surface area contributed by atoms with Crippen LogP contribution in [0.1, 0.15) is 13.3 Å². The summed E-state index contributed by atoms with van der Waals surface area (Å²) in [6.07, 6.45) is -4.57. The summed E-state index contributed by atoms with van der Waals surface area (Å²) < 4.78 is 36.4. The monoisotopic (exact) mass is 272 g/mol. The number of nitrogens with one attached hydrogen (secondary N) is 1. The van der Waals surface area contributed by atoms with Crippen molar-refractivity contribution in [3.8, 4) is 0 Å². The molecule has 0 aliphatic heterocycles. The minimum absolute atomic E-state index is 0.0417. The molecule has 0 aromatic carbocycles. The fraction of sp³-hybridized carbons (Fsp3) is 0.778. The SMILES string of the molecule is CC[C@H](NC(=O)N(CCO)CC(F)(F)F)C(=O)O. The van der Waals surface area contributed by atoms with Gasteiger partial charge in [0.25, 0.3) is 0 Å². The van der Waals surface area contributed by atoms with E-state index in [4.69, 9.17) is 10.2 Å². The Morgan fingerprint density at radius 2 is 1.94 bits per heavy atom. The predicted molar refractivity (Wildman–Crippen MR) is 55.0 cm³/mol. The Morgan fingerprint density at radius 3 is 2.28 bits per heavy atom. The van der Waals surface area contributed by atoms with Crippen LogP contribution in [-0.2, 0) is 4.79 Å². The molecule has 0 aromatic heterocycles. The van der Waals surface area contributed by atoms with Crippen molar-refractivity contribution in [2.45, 2.75) is 25.6 Å². The number of aliphatic hydroxyl groups is 1. The number of alkyl halides is 3. The standard InChI is InChI=1S/C9H15F3N2O4/c1-2-6(7(16)17)13-8(18)14(3-4-15)5-9(10,11)12/h6,15H,2-5H2,1H3,(H,13,18)(H,16,17)/t6-/m0/s1. The molecule has 1 atom stereocenters. The predicted octanol–water partition coefficient (Wildman–Crippen LogP) is 0.416. The van der Waals surface area contributed by atoms with Crippen molar-refractivity contribution in [3.63, 3.8) is 0 Å². The maximum absolute atomic E-state index is 12.1. The van der Waals surface area contributed by atoms with E-state index in [2.05, 4.69) is 0 Å². The minimum Gasteiger partial charge on any atom is -0.480 e. The Balaban J connectivity index is 4.61. The highest BCUT2D eigenvalue weighted by Crippen LogP contribution is 2.16. The molecule has 18 heavy (non-hydrogen) atoms. The third kappa shape index (κ3) is 6.28. The molecule has 0 aromatic rings. The van der Waals surface area contributed by atoms with Crippen LogP contribution in [0.5, 0.6) is 0 Å². The number of halogens is 3. The number of aliphatic carboxylic acids is 1. The molecule has 0 aliphatic rings. The van der Waals surface area contributed by atoms with Crippen LogP contribution in [0.4, 0.5) is 18.0 Å². The van der Waals surface area contributed by atoms with Gasteiger partial charge in [-0.05, 0) is 6.42 Å². The van der Waals surface area contributed by atoms with Crippen LogP contribution < -0.4 is 5.32 Å². The molecule has 6 nitrogen and oxygen atoms in total. The third-order valence-corrected chi connectivity index (χ3v) is 2.03. The van der Waals surface area contributed by atoms with Crippen LogP contribution >= 0.6 is 0 Å². The van der Waals surface area contributed by atoms with Gasteiger partial charge < -0.3 is 20.4 Å². The number of nitrogens with zero attached hydrogens (tertiary/aromatic N) is 1. The molecule has 0 saturated carbocycles. The number of carbonyl (C=O) groups is 2. The molecule has 3 N–H and O–H groups in total. The smallest absolute Gasteiger partial charge is 0.406 e. The second-order valence-electron chi connectivity index (χ2n) is 3.51. The van der Waals surface area contributed by atoms with E-state index in [1.807, 2.05) is 5.32 Å². The number of rotatable bonds is 6. The van der Waals surface area contributed by atoms with Crippen LogP contribution in [0.3, 0.4) is 0 Å². The average molecular weight is 272 g/mol. The number of urea groups is 1. The molecule has 106 valence electrons. The van der Waals surface area contributed by atoms with E-state index >= 15 is 0 Å². The van der Waals surface area contributed by atoms with Crippen LogP contribution in [0, 0.1) is 0 Å². The first-order valence-corrected chi connectivity index (χ1v) is 5.17. The second kappa shape index (κ2) is 7.04. The number of carbonyl (C=O) groups excluding carboxylic acids is 1. The highest BCUT2D eigenvalue weighted by molar-refractivity contribution is 5.82. The van der Waals surface area contributed by atoms with Crippen LogP contribution in [0.2, 0.25) is 0 Å². The second-order valence-corrected chi connectivity index (χ2v) is 3.51. The molecular formula is C9H15F3N2O4. The molecule has 2 amide bonds. The molecule has 0 bridgehead atoms. The van der Waals surface area contributed by atoms with E-state index < -0.39 is 43.9 Å². The first-order chi connectivity index (χ1) is 8.21. The van der Waals surface area contributed by atoms with Crippen molar-refractivity contribution in [2.24, 2.45) is 0 Å². The summed E-state index contributed by atoms with van der Waals surface area (Å²) in [5.41, 5.74) is 0. The van der Waals surface area contributed by atoms with Crippen molar-refractivity contribution in [1.29, 1.82) is 0 Å². The number of amides is 2. The summed E-state index contributed by atoms with van der Waals surface area (Å²) in [5, 5.41) is 19.2. The first-order valence-electron chi connectivity index (χ1n) is 5.17. The molecule has 0 radical (unpaired) electrons. The highest BCUT2D eigenvalue weighted by atomic mass is 19.4. The van der Waals surface area contributed by atoms with Crippen molar-refractivity contribution < 1.29 is 33.0 Å².